The number of aromatic nitrogens is 1. The molecule has 0 aliphatic carbocycles. The minimum absolute atomic E-state index is 0.555. The quantitative estimate of drug-likeness (QED) is 0.807. The molecule has 2 rings (SSSR count). The van der Waals surface area contributed by atoms with Crippen LogP contribution in [0.5, 0.6) is 5.75 Å². The Morgan fingerprint density at radius 3 is 2.44 bits per heavy atom. The van der Waals surface area contributed by atoms with Crippen LogP contribution in [-0.2, 0) is 6.61 Å². The van der Waals surface area contributed by atoms with E-state index in [0.29, 0.717) is 6.61 Å². The molecule has 2 aromatic rings. The van der Waals surface area contributed by atoms with Crippen LogP contribution in [0.25, 0.3) is 0 Å². The third kappa shape index (κ3) is 2.42. The molecule has 0 aliphatic rings. The van der Waals surface area contributed by atoms with Crippen molar-refractivity contribution in [3.8, 4) is 5.75 Å². The SMILES string of the molecule is Cc1cc(OCc2nccs2)cc(C)c1C. The molecule has 0 saturated heterocycles. The van der Waals surface area contributed by atoms with E-state index in [1.807, 2.05) is 5.38 Å². The molecule has 0 atom stereocenters. The molecule has 0 aliphatic heterocycles. The van der Waals surface area contributed by atoms with Gasteiger partial charge < -0.3 is 4.74 Å². The second kappa shape index (κ2) is 4.66. The van der Waals surface area contributed by atoms with Crippen molar-refractivity contribution in [2.45, 2.75) is 27.4 Å². The highest BCUT2D eigenvalue weighted by atomic mass is 32.1. The standard InChI is InChI=1S/C13H15NOS/c1-9-6-12(7-10(2)11(9)3)15-8-13-14-4-5-16-13/h4-7H,8H2,1-3H3. The molecule has 16 heavy (non-hydrogen) atoms. The Balaban J connectivity index is 2.10. The molecule has 0 N–H and O–H groups in total. The average Bonchev–Trinajstić information content (AvgIpc) is 2.75. The molecule has 2 nitrogen and oxygen atoms in total. The van der Waals surface area contributed by atoms with E-state index in [4.69, 9.17) is 4.74 Å². The second-order valence-corrected chi connectivity index (χ2v) is 4.88. The third-order valence-corrected chi connectivity index (χ3v) is 3.50. The van der Waals surface area contributed by atoms with Gasteiger partial charge in [-0.05, 0) is 49.6 Å². The summed E-state index contributed by atoms with van der Waals surface area (Å²) in [7, 11) is 0. The van der Waals surface area contributed by atoms with Crippen molar-refractivity contribution < 1.29 is 4.74 Å². The average molecular weight is 233 g/mol. The highest BCUT2D eigenvalue weighted by Gasteiger charge is 2.03. The predicted octanol–water partition coefficient (Wildman–Crippen LogP) is 3.65. The number of hydrogen-bond acceptors (Lipinski definition) is 3. The number of nitrogens with zero attached hydrogens (tertiary/aromatic N) is 1. The molecule has 0 spiro atoms. The summed E-state index contributed by atoms with van der Waals surface area (Å²) in [4.78, 5) is 4.19. The van der Waals surface area contributed by atoms with Crippen LogP contribution >= 0.6 is 11.3 Å². The van der Waals surface area contributed by atoms with Gasteiger partial charge in [0.05, 0.1) is 0 Å². The van der Waals surface area contributed by atoms with Gasteiger partial charge in [-0.1, -0.05) is 0 Å². The number of aryl methyl sites for hydroxylation is 2. The first-order valence-electron chi connectivity index (χ1n) is 5.26. The van der Waals surface area contributed by atoms with Crippen molar-refractivity contribution >= 4 is 11.3 Å². The number of thiazole rings is 1. The maximum atomic E-state index is 5.71. The number of ether oxygens (including phenoxy) is 1. The molecule has 1 aromatic heterocycles. The van der Waals surface area contributed by atoms with Gasteiger partial charge in [-0.3, -0.25) is 0 Å². The van der Waals surface area contributed by atoms with Crippen LogP contribution in [0.4, 0.5) is 0 Å². The van der Waals surface area contributed by atoms with E-state index < -0.39 is 0 Å². The van der Waals surface area contributed by atoms with Crippen LogP contribution in [0.1, 0.15) is 21.7 Å². The molecule has 0 unspecified atom stereocenters. The Bertz CT molecular complexity index is 454. The second-order valence-electron chi connectivity index (χ2n) is 3.90. The van der Waals surface area contributed by atoms with Crippen LogP contribution in [0.15, 0.2) is 23.7 Å². The van der Waals surface area contributed by atoms with Crippen LogP contribution in [0.3, 0.4) is 0 Å². The largest absolute Gasteiger partial charge is 0.486 e. The summed E-state index contributed by atoms with van der Waals surface area (Å²) >= 11 is 1.62. The molecule has 1 aromatic carbocycles. The molecule has 0 bridgehead atoms. The highest BCUT2D eigenvalue weighted by molar-refractivity contribution is 7.09. The maximum Gasteiger partial charge on any atom is 0.140 e. The number of benzene rings is 1. The van der Waals surface area contributed by atoms with Gasteiger partial charge in [0, 0.05) is 11.6 Å². The van der Waals surface area contributed by atoms with E-state index in [1.165, 1.54) is 16.7 Å². The Morgan fingerprint density at radius 1 is 1.19 bits per heavy atom. The van der Waals surface area contributed by atoms with E-state index in [2.05, 4.69) is 37.9 Å². The lowest BCUT2D eigenvalue weighted by Crippen LogP contribution is -1.96. The van der Waals surface area contributed by atoms with Gasteiger partial charge in [-0.25, -0.2) is 4.98 Å². The van der Waals surface area contributed by atoms with Crippen LogP contribution in [-0.4, -0.2) is 4.98 Å². The van der Waals surface area contributed by atoms with Gasteiger partial charge in [0.25, 0.3) is 0 Å². The Kier molecular flexibility index (Phi) is 3.25. The molecule has 1 heterocycles. The molecule has 0 amide bonds. The van der Waals surface area contributed by atoms with Crippen LogP contribution in [0.2, 0.25) is 0 Å². The first-order chi connectivity index (χ1) is 7.66. The van der Waals surface area contributed by atoms with Gasteiger partial charge in [-0.2, -0.15) is 0 Å². The zero-order valence-corrected chi connectivity index (χ0v) is 10.6. The van der Waals surface area contributed by atoms with E-state index in [1.54, 1.807) is 17.5 Å². The predicted molar refractivity (Wildman–Crippen MR) is 67.1 cm³/mol. The van der Waals surface area contributed by atoms with Gasteiger partial charge in [0.2, 0.25) is 0 Å². The number of rotatable bonds is 3. The van der Waals surface area contributed by atoms with Crippen molar-refractivity contribution in [3.05, 3.63) is 45.4 Å². The molecule has 0 radical (unpaired) electrons. The van der Waals surface area contributed by atoms with E-state index in [-0.39, 0.29) is 0 Å². The smallest absolute Gasteiger partial charge is 0.140 e. The fourth-order valence-corrected chi connectivity index (χ4v) is 2.08. The Hall–Kier alpha value is -1.35. The van der Waals surface area contributed by atoms with E-state index in [0.717, 1.165) is 10.8 Å². The van der Waals surface area contributed by atoms with Gasteiger partial charge in [0.1, 0.15) is 17.4 Å². The van der Waals surface area contributed by atoms with Crippen molar-refractivity contribution in [3.63, 3.8) is 0 Å². The minimum Gasteiger partial charge on any atom is -0.486 e. The Labute approximate surface area is 99.9 Å². The summed E-state index contributed by atoms with van der Waals surface area (Å²) in [6, 6.07) is 4.16. The zero-order chi connectivity index (χ0) is 11.5. The molecule has 0 fully saturated rings. The summed E-state index contributed by atoms with van der Waals surface area (Å²) in [5.41, 5.74) is 3.88. The topological polar surface area (TPSA) is 22.1 Å². The molecule has 3 heteroatoms. The van der Waals surface area contributed by atoms with Crippen molar-refractivity contribution in [1.82, 2.24) is 4.98 Å². The fraction of sp³-hybridized carbons (Fsp3) is 0.308. The molecular weight excluding hydrogens is 218 g/mol. The van der Waals surface area contributed by atoms with Crippen LogP contribution < -0.4 is 4.74 Å². The maximum absolute atomic E-state index is 5.71. The van der Waals surface area contributed by atoms with Gasteiger partial charge >= 0.3 is 0 Å². The van der Waals surface area contributed by atoms with Crippen molar-refractivity contribution in [2.75, 3.05) is 0 Å². The fourth-order valence-electron chi connectivity index (χ4n) is 1.55. The summed E-state index contributed by atoms with van der Waals surface area (Å²) in [6.45, 7) is 6.91. The van der Waals surface area contributed by atoms with Crippen LogP contribution in [0, 0.1) is 20.8 Å². The molecular formula is C13H15NOS. The lowest BCUT2D eigenvalue weighted by atomic mass is 10.0. The summed E-state index contributed by atoms with van der Waals surface area (Å²) < 4.78 is 5.71. The monoisotopic (exact) mass is 233 g/mol. The number of hydrogen-bond donors (Lipinski definition) is 0. The third-order valence-electron chi connectivity index (χ3n) is 2.75. The molecule has 0 saturated carbocycles. The summed E-state index contributed by atoms with van der Waals surface area (Å²) in [5.74, 6) is 0.927. The van der Waals surface area contributed by atoms with Crippen molar-refractivity contribution in [2.24, 2.45) is 0 Å². The zero-order valence-electron chi connectivity index (χ0n) is 9.78. The minimum atomic E-state index is 0.555. The van der Waals surface area contributed by atoms with E-state index >= 15 is 0 Å². The molecule has 84 valence electrons. The lowest BCUT2D eigenvalue weighted by Gasteiger charge is -2.09. The van der Waals surface area contributed by atoms with E-state index in [9.17, 15) is 0 Å². The first kappa shape index (κ1) is 11.1. The van der Waals surface area contributed by atoms with Crippen molar-refractivity contribution in [1.29, 1.82) is 0 Å². The normalized spacial score (nSPS) is 10.4. The van der Waals surface area contributed by atoms with Gasteiger partial charge in [-0.15, -0.1) is 11.3 Å². The lowest BCUT2D eigenvalue weighted by molar-refractivity contribution is 0.305. The first-order valence-corrected chi connectivity index (χ1v) is 6.14. The van der Waals surface area contributed by atoms with Gasteiger partial charge in [0.15, 0.2) is 0 Å². The summed E-state index contributed by atoms with van der Waals surface area (Å²) in [5, 5.41) is 2.97. The summed E-state index contributed by atoms with van der Waals surface area (Å²) in [6.07, 6.45) is 1.80. The Morgan fingerprint density at radius 2 is 1.88 bits per heavy atom. The highest BCUT2D eigenvalue weighted by Crippen LogP contribution is 2.22.